The van der Waals surface area contributed by atoms with Gasteiger partial charge in [0.2, 0.25) is 10.0 Å². The van der Waals surface area contributed by atoms with E-state index in [1.807, 2.05) is 4.90 Å². The third kappa shape index (κ3) is 3.63. The fraction of sp³-hybridized carbons (Fsp3) is 0.300. The molecular weight excluding hydrogens is 397 g/mol. The number of carbonyl (C=O) groups is 2. The number of sulfonamides is 1. The molecule has 1 saturated heterocycles. The SMILES string of the molecule is O=C1c2ccccc2C(=O)N1CCS(=O)(=O)N1CCN(c2ccccc2F)CC1. The molecule has 0 saturated carbocycles. The van der Waals surface area contributed by atoms with Crippen LogP contribution in [-0.2, 0) is 10.0 Å². The van der Waals surface area contributed by atoms with Crippen LogP contribution in [-0.4, -0.2) is 67.9 Å². The molecule has 1 fully saturated rings. The van der Waals surface area contributed by atoms with Gasteiger partial charge in [-0.1, -0.05) is 24.3 Å². The van der Waals surface area contributed by atoms with Crippen molar-refractivity contribution in [1.29, 1.82) is 0 Å². The largest absolute Gasteiger partial charge is 0.367 e. The number of fused-ring (bicyclic) bond motifs is 1. The quantitative estimate of drug-likeness (QED) is 0.691. The van der Waals surface area contributed by atoms with Gasteiger partial charge in [-0.25, -0.2) is 12.8 Å². The van der Waals surface area contributed by atoms with Crippen LogP contribution in [0.15, 0.2) is 48.5 Å². The first-order valence-electron chi connectivity index (χ1n) is 9.31. The molecule has 0 bridgehead atoms. The number of hydrogen-bond acceptors (Lipinski definition) is 5. The van der Waals surface area contributed by atoms with Crippen molar-refractivity contribution in [2.45, 2.75) is 0 Å². The van der Waals surface area contributed by atoms with E-state index in [9.17, 15) is 22.4 Å². The number of benzene rings is 2. The first kappa shape index (κ1) is 19.5. The Kier molecular flexibility index (Phi) is 5.10. The Hall–Kier alpha value is -2.78. The van der Waals surface area contributed by atoms with Crippen molar-refractivity contribution in [3.05, 3.63) is 65.5 Å². The summed E-state index contributed by atoms with van der Waals surface area (Å²) in [5.74, 6) is -1.61. The summed E-state index contributed by atoms with van der Waals surface area (Å²) in [6, 6.07) is 12.8. The lowest BCUT2D eigenvalue weighted by Crippen LogP contribution is -2.50. The van der Waals surface area contributed by atoms with Crippen LogP contribution in [0.25, 0.3) is 0 Å². The topological polar surface area (TPSA) is 78.0 Å². The van der Waals surface area contributed by atoms with Crippen molar-refractivity contribution >= 4 is 27.5 Å². The highest BCUT2D eigenvalue weighted by molar-refractivity contribution is 7.89. The summed E-state index contributed by atoms with van der Waals surface area (Å²) in [6.07, 6.45) is 0. The minimum atomic E-state index is -3.65. The molecule has 2 heterocycles. The van der Waals surface area contributed by atoms with Crippen LogP contribution >= 0.6 is 0 Å². The molecule has 0 N–H and O–H groups in total. The van der Waals surface area contributed by atoms with Gasteiger partial charge >= 0.3 is 0 Å². The summed E-state index contributed by atoms with van der Waals surface area (Å²) in [5.41, 5.74) is 1.05. The van der Waals surface area contributed by atoms with Gasteiger partial charge < -0.3 is 4.90 Å². The van der Waals surface area contributed by atoms with Crippen molar-refractivity contribution in [2.75, 3.05) is 43.4 Å². The molecule has 2 aliphatic heterocycles. The number of hydrogen-bond donors (Lipinski definition) is 0. The zero-order valence-corrected chi connectivity index (χ0v) is 16.4. The maximum Gasteiger partial charge on any atom is 0.261 e. The minimum absolute atomic E-state index is 0.192. The lowest BCUT2D eigenvalue weighted by molar-refractivity contribution is 0.0663. The molecule has 9 heteroatoms. The number of imide groups is 1. The van der Waals surface area contributed by atoms with Crippen molar-refractivity contribution in [3.8, 4) is 0 Å². The molecule has 2 amide bonds. The Morgan fingerprint density at radius 2 is 1.38 bits per heavy atom. The van der Waals surface area contributed by atoms with E-state index in [-0.39, 0.29) is 31.2 Å². The van der Waals surface area contributed by atoms with Crippen molar-refractivity contribution in [3.63, 3.8) is 0 Å². The fourth-order valence-corrected chi connectivity index (χ4v) is 5.08. The second-order valence-electron chi connectivity index (χ2n) is 6.96. The summed E-state index contributed by atoms with van der Waals surface area (Å²) in [5, 5.41) is 0. The van der Waals surface area contributed by atoms with Crippen LogP contribution in [0.4, 0.5) is 10.1 Å². The standard InChI is InChI=1S/C20H20FN3O4S/c21-17-7-3-4-8-18(17)22-9-11-23(12-10-22)29(27,28)14-13-24-19(25)15-5-1-2-6-16(15)20(24)26/h1-8H,9-14H2. The highest BCUT2D eigenvalue weighted by atomic mass is 32.2. The van der Waals surface area contributed by atoms with Gasteiger partial charge in [0.25, 0.3) is 11.8 Å². The van der Waals surface area contributed by atoms with Gasteiger partial charge in [0.1, 0.15) is 5.82 Å². The molecule has 0 spiro atoms. The second-order valence-corrected chi connectivity index (χ2v) is 9.05. The highest BCUT2D eigenvalue weighted by Gasteiger charge is 2.36. The molecule has 2 aliphatic rings. The molecule has 152 valence electrons. The van der Waals surface area contributed by atoms with E-state index in [1.165, 1.54) is 10.4 Å². The Balaban J connectivity index is 1.38. The van der Waals surface area contributed by atoms with Crippen molar-refractivity contribution in [2.24, 2.45) is 0 Å². The highest BCUT2D eigenvalue weighted by Crippen LogP contribution is 2.23. The summed E-state index contributed by atoms with van der Waals surface area (Å²) >= 11 is 0. The molecule has 0 aliphatic carbocycles. The Morgan fingerprint density at radius 1 is 0.828 bits per heavy atom. The molecule has 0 atom stereocenters. The van der Waals surface area contributed by atoms with Crippen LogP contribution in [0.3, 0.4) is 0 Å². The van der Waals surface area contributed by atoms with Crippen LogP contribution in [0.2, 0.25) is 0 Å². The van der Waals surface area contributed by atoms with Crippen molar-refractivity contribution in [1.82, 2.24) is 9.21 Å². The zero-order chi connectivity index (χ0) is 20.6. The molecule has 2 aromatic rings. The lowest BCUT2D eigenvalue weighted by Gasteiger charge is -2.35. The van der Waals surface area contributed by atoms with E-state index < -0.39 is 21.8 Å². The molecule has 2 aromatic carbocycles. The Morgan fingerprint density at radius 3 is 1.97 bits per heavy atom. The van der Waals surface area contributed by atoms with Gasteiger partial charge in [0.05, 0.1) is 22.6 Å². The number of halogens is 1. The van der Waals surface area contributed by atoms with Crippen LogP contribution < -0.4 is 4.90 Å². The molecule has 29 heavy (non-hydrogen) atoms. The number of piperazine rings is 1. The predicted molar refractivity (Wildman–Crippen MR) is 106 cm³/mol. The lowest BCUT2D eigenvalue weighted by atomic mass is 10.1. The normalized spacial score (nSPS) is 17.7. The predicted octanol–water partition coefficient (Wildman–Crippen LogP) is 1.57. The average molecular weight is 417 g/mol. The zero-order valence-electron chi connectivity index (χ0n) is 15.6. The number of nitrogens with zero attached hydrogens (tertiary/aromatic N) is 3. The first-order valence-corrected chi connectivity index (χ1v) is 10.9. The summed E-state index contributed by atoms with van der Waals surface area (Å²) in [6.45, 7) is 0.986. The van der Waals surface area contributed by atoms with Crippen molar-refractivity contribution < 1.29 is 22.4 Å². The third-order valence-electron chi connectivity index (χ3n) is 5.28. The molecule has 0 aromatic heterocycles. The van der Waals surface area contributed by atoms with E-state index in [0.29, 0.717) is 29.9 Å². The van der Waals surface area contributed by atoms with Crippen LogP contribution in [0, 0.1) is 5.82 Å². The van der Waals surface area contributed by atoms with E-state index in [4.69, 9.17) is 0 Å². The Bertz CT molecular complexity index is 1030. The van der Waals surface area contributed by atoms with Gasteiger partial charge in [0.15, 0.2) is 0 Å². The van der Waals surface area contributed by atoms with E-state index in [0.717, 1.165) is 4.90 Å². The van der Waals surface area contributed by atoms with Gasteiger partial charge in [-0.2, -0.15) is 4.31 Å². The number of amides is 2. The fourth-order valence-electron chi connectivity index (χ4n) is 3.69. The van der Waals surface area contributed by atoms with Gasteiger partial charge in [0, 0.05) is 32.7 Å². The number of carbonyl (C=O) groups excluding carboxylic acids is 2. The van der Waals surface area contributed by atoms with E-state index in [2.05, 4.69) is 0 Å². The molecule has 7 nitrogen and oxygen atoms in total. The third-order valence-corrected chi connectivity index (χ3v) is 7.13. The maximum atomic E-state index is 13.9. The van der Waals surface area contributed by atoms with Crippen LogP contribution in [0.1, 0.15) is 20.7 Å². The molecule has 0 radical (unpaired) electrons. The number of rotatable bonds is 5. The van der Waals surface area contributed by atoms with E-state index >= 15 is 0 Å². The average Bonchev–Trinajstić information content (AvgIpc) is 2.97. The first-order chi connectivity index (χ1) is 13.9. The molecule has 4 rings (SSSR count). The summed E-state index contributed by atoms with van der Waals surface area (Å²) in [4.78, 5) is 27.6. The monoisotopic (exact) mass is 417 g/mol. The van der Waals surface area contributed by atoms with Gasteiger partial charge in [-0.15, -0.1) is 0 Å². The number of anilines is 1. The molecular formula is C20H20FN3O4S. The van der Waals surface area contributed by atoms with Gasteiger partial charge in [-0.3, -0.25) is 14.5 Å². The maximum absolute atomic E-state index is 13.9. The summed E-state index contributed by atoms with van der Waals surface area (Å²) < 4.78 is 40.7. The molecule has 0 unspecified atom stereocenters. The minimum Gasteiger partial charge on any atom is -0.367 e. The van der Waals surface area contributed by atoms with E-state index in [1.54, 1.807) is 42.5 Å². The van der Waals surface area contributed by atoms with Crippen LogP contribution in [0.5, 0.6) is 0 Å². The summed E-state index contributed by atoms with van der Waals surface area (Å²) in [7, 11) is -3.65. The Labute approximate surface area is 168 Å². The second kappa shape index (κ2) is 7.57. The smallest absolute Gasteiger partial charge is 0.261 e. The van der Waals surface area contributed by atoms with Gasteiger partial charge in [-0.05, 0) is 24.3 Å². The number of para-hydroxylation sites is 1.